The predicted octanol–water partition coefficient (Wildman–Crippen LogP) is 2.90. The average molecular weight is 284 g/mol. The largest absolute Gasteiger partial charge is 0.481 e. The van der Waals surface area contributed by atoms with Crippen molar-refractivity contribution in [1.29, 1.82) is 0 Å². The van der Waals surface area contributed by atoms with Gasteiger partial charge < -0.3 is 10.1 Å². The minimum absolute atomic E-state index is 0.0437. The Hall–Kier alpha value is -2.36. The molecule has 1 atom stereocenters. The van der Waals surface area contributed by atoms with E-state index >= 15 is 0 Å². The van der Waals surface area contributed by atoms with Crippen LogP contribution in [-0.2, 0) is 11.3 Å². The zero-order valence-corrected chi connectivity index (χ0v) is 12.4. The molecular weight excluding hydrogens is 264 g/mol. The Kier molecular flexibility index (Phi) is 5.32. The summed E-state index contributed by atoms with van der Waals surface area (Å²) in [6.45, 7) is 2.54. The molecule has 21 heavy (non-hydrogen) atoms. The summed E-state index contributed by atoms with van der Waals surface area (Å²) < 4.78 is 5.00. The topological polar surface area (TPSA) is 51.2 Å². The molecule has 110 valence electrons. The number of rotatable bonds is 6. The summed E-state index contributed by atoms with van der Waals surface area (Å²) in [6.07, 6.45) is 2.19. The zero-order valence-electron chi connectivity index (χ0n) is 12.4. The minimum atomic E-state index is 0.0437. The normalized spacial score (nSPS) is 11.7. The van der Waals surface area contributed by atoms with Gasteiger partial charge in [0.2, 0.25) is 11.8 Å². The molecule has 0 spiro atoms. The van der Waals surface area contributed by atoms with Crippen molar-refractivity contribution in [2.45, 2.75) is 25.8 Å². The fourth-order valence-corrected chi connectivity index (χ4v) is 2.09. The maximum atomic E-state index is 12.0. The summed E-state index contributed by atoms with van der Waals surface area (Å²) >= 11 is 0. The fourth-order valence-electron chi connectivity index (χ4n) is 2.09. The van der Waals surface area contributed by atoms with Crippen molar-refractivity contribution in [2.24, 2.45) is 0 Å². The van der Waals surface area contributed by atoms with Crippen molar-refractivity contribution >= 4 is 5.91 Å². The number of ether oxygens (including phenoxy) is 1. The van der Waals surface area contributed by atoms with E-state index in [1.54, 1.807) is 19.4 Å². The van der Waals surface area contributed by atoms with Crippen LogP contribution in [0, 0.1) is 0 Å². The van der Waals surface area contributed by atoms with Crippen LogP contribution in [0.5, 0.6) is 5.88 Å². The Labute approximate surface area is 125 Å². The van der Waals surface area contributed by atoms with Gasteiger partial charge in [-0.25, -0.2) is 4.98 Å². The van der Waals surface area contributed by atoms with E-state index in [0.29, 0.717) is 18.8 Å². The van der Waals surface area contributed by atoms with E-state index in [1.165, 1.54) is 5.56 Å². The lowest BCUT2D eigenvalue weighted by Crippen LogP contribution is -2.24. The first-order valence-electron chi connectivity index (χ1n) is 6.99. The predicted molar refractivity (Wildman–Crippen MR) is 82.1 cm³/mol. The third-order valence-corrected chi connectivity index (χ3v) is 3.36. The molecule has 0 bridgehead atoms. The van der Waals surface area contributed by atoms with E-state index in [0.717, 1.165) is 5.56 Å². The Morgan fingerprint density at radius 1 is 1.24 bits per heavy atom. The van der Waals surface area contributed by atoms with Gasteiger partial charge in [0.15, 0.2) is 0 Å². The van der Waals surface area contributed by atoms with Gasteiger partial charge in [-0.05, 0) is 17.0 Å². The van der Waals surface area contributed by atoms with E-state index < -0.39 is 0 Å². The molecule has 0 saturated carbocycles. The number of pyridine rings is 1. The molecule has 1 aromatic heterocycles. The van der Waals surface area contributed by atoms with E-state index in [4.69, 9.17) is 4.74 Å². The molecule has 1 heterocycles. The second-order valence-electron chi connectivity index (χ2n) is 5.00. The van der Waals surface area contributed by atoms with Gasteiger partial charge in [-0.3, -0.25) is 4.79 Å². The first-order valence-corrected chi connectivity index (χ1v) is 6.99. The summed E-state index contributed by atoms with van der Waals surface area (Å²) in [5.74, 6) is 0.824. The molecule has 1 N–H and O–H groups in total. The lowest BCUT2D eigenvalue weighted by molar-refractivity contribution is -0.121. The molecule has 0 fully saturated rings. The summed E-state index contributed by atoms with van der Waals surface area (Å²) in [6, 6.07) is 13.7. The van der Waals surface area contributed by atoms with Crippen LogP contribution in [0.2, 0.25) is 0 Å². The number of nitrogens with zero attached hydrogens (tertiary/aromatic N) is 1. The molecule has 0 radical (unpaired) electrons. The van der Waals surface area contributed by atoms with Crippen LogP contribution in [0.25, 0.3) is 0 Å². The van der Waals surface area contributed by atoms with Gasteiger partial charge in [-0.1, -0.05) is 43.3 Å². The Morgan fingerprint density at radius 3 is 2.62 bits per heavy atom. The van der Waals surface area contributed by atoms with E-state index in [2.05, 4.69) is 17.2 Å². The van der Waals surface area contributed by atoms with Crippen LogP contribution in [0.1, 0.15) is 30.4 Å². The number of carbonyl (C=O) groups is 1. The molecule has 4 nitrogen and oxygen atoms in total. The first-order chi connectivity index (χ1) is 10.2. The van der Waals surface area contributed by atoms with Crippen LogP contribution >= 0.6 is 0 Å². The minimum Gasteiger partial charge on any atom is -0.481 e. The summed E-state index contributed by atoms with van der Waals surface area (Å²) in [7, 11) is 1.58. The summed E-state index contributed by atoms with van der Waals surface area (Å²) in [5.41, 5.74) is 2.13. The highest BCUT2D eigenvalue weighted by atomic mass is 16.5. The van der Waals surface area contributed by atoms with Crippen molar-refractivity contribution < 1.29 is 9.53 Å². The van der Waals surface area contributed by atoms with Gasteiger partial charge in [0.25, 0.3) is 0 Å². The monoisotopic (exact) mass is 284 g/mol. The van der Waals surface area contributed by atoms with E-state index in [-0.39, 0.29) is 11.8 Å². The highest BCUT2D eigenvalue weighted by Gasteiger charge is 2.10. The van der Waals surface area contributed by atoms with E-state index in [9.17, 15) is 4.79 Å². The number of amides is 1. The first kappa shape index (κ1) is 15.0. The zero-order chi connectivity index (χ0) is 15.1. The maximum absolute atomic E-state index is 12.0. The molecular formula is C17H20N2O2. The molecule has 0 aliphatic carbocycles. The number of hydrogen-bond acceptors (Lipinski definition) is 3. The smallest absolute Gasteiger partial charge is 0.220 e. The molecule has 2 aromatic rings. The van der Waals surface area contributed by atoms with Crippen LogP contribution in [-0.4, -0.2) is 18.0 Å². The van der Waals surface area contributed by atoms with Gasteiger partial charge in [-0.2, -0.15) is 0 Å². The number of carbonyl (C=O) groups excluding carboxylic acids is 1. The molecule has 2 rings (SSSR count). The third kappa shape index (κ3) is 4.60. The van der Waals surface area contributed by atoms with E-state index in [1.807, 2.05) is 36.4 Å². The highest BCUT2D eigenvalue weighted by Crippen LogP contribution is 2.18. The van der Waals surface area contributed by atoms with Crippen LogP contribution in [0.4, 0.5) is 0 Å². The lowest BCUT2D eigenvalue weighted by atomic mass is 9.97. The second-order valence-corrected chi connectivity index (χ2v) is 5.00. The van der Waals surface area contributed by atoms with Crippen LogP contribution in [0.15, 0.2) is 48.7 Å². The summed E-state index contributed by atoms with van der Waals surface area (Å²) in [4.78, 5) is 16.1. The molecule has 4 heteroatoms. The van der Waals surface area contributed by atoms with Crippen molar-refractivity contribution in [1.82, 2.24) is 10.3 Å². The van der Waals surface area contributed by atoms with Crippen LogP contribution in [0.3, 0.4) is 0 Å². The maximum Gasteiger partial charge on any atom is 0.220 e. The Balaban J connectivity index is 1.81. The highest BCUT2D eigenvalue weighted by molar-refractivity contribution is 5.76. The van der Waals surface area contributed by atoms with Gasteiger partial charge >= 0.3 is 0 Å². The number of methoxy groups -OCH3 is 1. The summed E-state index contributed by atoms with van der Waals surface area (Å²) in [5, 5.41) is 2.92. The number of nitrogens with one attached hydrogen (secondary N) is 1. The van der Waals surface area contributed by atoms with Gasteiger partial charge in [0, 0.05) is 25.2 Å². The van der Waals surface area contributed by atoms with Gasteiger partial charge in [0.1, 0.15) is 0 Å². The van der Waals surface area contributed by atoms with Gasteiger partial charge in [-0.15, -0.1) is 0 Å². The number of aromatic nitrogens is 1. The van der Waals surface area contributed by atoms with Crippen molar-refractivity contribution in [3.63, 3.8) is 0 Å². The van der Waals surface area contributed by atoms with Crippen LogP contribution < -0.4 is 10.1 Å². The van der Waals surface area contributed by atoms with Crippen molar-refractivity contribution in [2.75, 3.05) is 7.11 Å². The Bertz CT molecular complexity index is 567. The fraction of sp³-hybridized carbons (Fsp3) is 0.294. The third-order valence-electron chi connectivity index (χ3n) is 3.36. The molecule has 0 saturated heterocycles. The van der Waals surface area contributed by atoms with Crippen molar-refractivity contribution in [3.8, 4) is 5.88 Å². The SMILES string of the molecule is COc1ccc(CNC(=O)C[C@@H](C)c2ccccc2)cn1. The second kappa shape index (κ2) is 7.43. The molecule has 1 amide bonds. The lowest BCUT2D eigenvalue weighted by Gasteiger charge is -2.12. The molecule has 0 unspecified atom stereocenters. The Morgan fingerprint density at radius 2 is 2.00 bits per heavy atom. The standard InChI is InChI=1S/C17H20N2O2/c1-13(15-6-4-3-5-7-15)10-16(20)18-11-14-8-9-17(21-2)19-12-14/h3-9,12-13H,10-11H2,1-2H3,(H,18,20)/t13-/m1/s1. The quantitative estimate of drug-likeness (QED) is 0.887. The number of hydrogen-bond donors (Lipinski definition) is 1. The average Bonchev–Trinajstić information content (AvgIpc) is 2.54. The van der Waals surface area contributed by atoms with Crippen molar-refractivity contribution in [3.05, 3.63) is 59.8 Å². The molecule has 1 aromatic carbocycles. The number of benzene rings is 1. The van der Waals surface area contributed by atoms with Gasteiger partial charge in [0.05, 0.1) is 7.11 Å². The molecule has 0 aliphatic heterocycles. The molecule has 0 aliphatic rings.